The summed E-state index contributed by atoms with van der Waals surface area (Å²) in [5, 5.41) is 6.53. The van der Waals surface area contributed by atoms with Crippen LogP contribution in [0.25, 0.3) is 0 Å². The Morgan fingerprint density at radius 3 is 2.80 bits per heavy atom. The van der Waals surface area contributed by atoms with Crippen LogP contribution in [0.15, 0.2) is 23.6 Å². The third kappa shape index (κ3) is 4.21. The van der Waals surface area contributed by atoms with Crippen LogP contribution in [0, 0.1) is 13.8 Å². The van der Waals surface area contributed by atoms with Crippen LogP contribution in [0.5, 0.6) is 5.75 Å². The molecule has 4 nitrogen and oxygen atoms in total. The maximum absolute atomic E-state index is 5.75. The van der Waals surface area contributed by atoms with Gasteiger partial charge in [0.1, 0.15) is 12.4 Å². The monoisotopic (exact) mass is 292 g/mol. The lowest BCUT2D eigenvalue weighted by Gasteiger charge is -2.13. The molecule has 20 heavy (non-hydrogen) atoms. The summed E-state index contributed by atoms with van der Waals surface area (Å²) < 4.78 is 10.8. The number of rotatable bonds is 7. The van der Waals surface area contributed by atoms with Crippen molar-refractivity contribution in [2.75, 3.05) is 25.6 Å². The van der Waals surface area contributed by atoms with Gasteiger partial charge in [-0.15, -0.1) is 11.3 Å². The highest BCUT2D eigenvalue weighted by Gasteiger charge is 2.05. The zero-order valence-electron chi connectivity index (χ0n) is 12.1. The molecule has 0 atom stereocenters. The van der Waals surface area contributed by atoms with Crippen LogP contribution in [-0.2, 0) is 11.3 Å². The molecule has 108 valence electrons. The molecule has 0 saturated heterocycles. The van der Waals surface area contributed by atoms with E-state index in [-0.39, 0.29) is 0 Å². The first kappa shape index (κ1) is 14.8. The molecule has 0 amide bonds. The van der Waals surface area contributed by atoms with Crippen LogP contribution >= 0.6 is 11.3 Å². The summed E-state index contributed by atoms with van der Waals surface area (Å²) >= 11 is 1.66. The van der Waals surface area contributed by atoms with Gasteiger partial charge in [0.2, 0.25) is 0 Å². The van der Waals surface area contributed by atoms with Gasteiger partial charge in [-0.3, -0.25) is 0 Å². The molecule has 2 aromatic rings. The van der Waals surface area contributed by atoms with Crippen LogP contribution in [0.3, 0.4) is 0 Å². The van der Waals surface area contributed by atoms with E-state index in [4.69, 9.17) is 9.47 Å². The summed E-state index contributed by atoms with van der Waals surface area (Å²) in [4.78, 5) is 4.44. The second-order valence-corrected chi connectivity index (χ2v) is 5.61. The first-order valence-electron chi connectivity index (χ1n) is 6.56. The number of nitrogens with one attached hydrogen (secondary N) is 1. The van der Waals surface area contributed by atoms with Gasteiger partial charge in [-0.1, -0.05) is 6.07 Å². The van der Waals surface area contributed by atoms with Crippen LogP contribution in [0.4, 0.5) is 5.69 Å². The van der Waals surface area contributed by atoms with Crippen LogP contribution < -0.4 is 10.1 Å². The van der Waals surface area contributed by atoms with E-state index in [1.54, 1.807) is 18.4 Å². The molecule has 0 fully saturated rings. The largest absolute Gasteiger partial charge is 0.489 e. The van der Waals surface area contributed by atoms with E-state index in [9.17, 15) is 0 Å². The number of hydrogen-bond acceptors (Lipinski definition) is 5. The normalized spacial score (nSPS) is 10.6. The van der Waals surface area contributed by atoms with Crippen LogP contribution in [-0.4, -0.2) is 25.3 Å². The number of benzene rings is 1. The third-order valence-corrected chi connectivity index (χ3v) is 3.63. The molecule has 1 aromatic heterocycles. The molecule has 0 unspecified atom stereocenters. The smallest absolute Gasteiger partial charge is 0.142 e. The number of anilines is 1. The summed E-state index contributed by atoms with van der Waals surface area (Å²) in [7, 11) is 1.67. The maximum Gasteiger partial charge on any atom is 0.142 e. The van der Waals surface area contributed by atoms with Gasteiger partial charge in [-0.05, 0) is 31.5 Å². The van der Waals surface area contributed by atoms with Crippen molar-refractivity contribution in [3.63, 3.8) is 0 Å². The molecule has 0 aliphatic heterocycles. The van der Waals surface area contributed by atoms with Gasteiger partial charge in [0, 0.05) is 12.5 Å². The molecule has 0 spiro atoms. The van der Waals surface area contributed by atoms with Crippen molar-refractivity contribution in [3.8, 4) is 5.75 Å². The first-order valence-corrected chi connectivity index (χ1v) is 7.44. The van der Waals surface area contributed by atoms with Crippen LogP contribution in [0.1, 0.15) is 16.3 Å². The molecule has 0 radical (unpaired) electrons. The molecule has 1 heterocycles. The van der Waals surface area contributed by atoms with Crippen molar-refractivity contribution in [2.24, 2.45) is 0 Å². The predicted molar refractivity (Wildman–Crippen MR) is 82.7 cm³/mol. The Balaban J connectivity index is 2.01. The summed E-state index contributed by atoms with van der Waals surface area (Å²) in [6.07, 6.45) is 0. The predicted octanol–water partition coefficient (Wildman–Crippen LogP) is 3.40. The summed E-state index contributed by atoms with van der Waals surface area (Å²) in [5.41, 5.74) is 3.21. The van der Waals surface area contributed by atoms with Gasteiger partial charge in [-0.25, -0.2) is 4.98 Å². The Hall–Kier alpha value is -1.59. The van der Waals surface area contributed by atoms with Crippen LogP contribution in [0.2, 0.25) is 0 Å². The van der Waals surface area contributed by atoms with E-state index in [1.165, 1.54) is 5.56 Å². The number of aryl methyl sites for hydroxylation is 2. The second-order valence-electron chi connectivity index (χ2n) is 4.55. The fourth-order valence-corrected chi connectivity index (χ4v) is 2.42. The highest BCUT2D eigenvalue weighted by Crippen LogP contribution is 2.26. The van der Waals surface area contributed by atoms with Gasteiger partial charge < -0.3 is 14.8 Å². The minimum atomic E-state index is 0.546. The summed E-state index contributed by atoms with van der Waals surface area (Å²) in [6.45, 7) is 5.90. The van der Waals surface area contributed by atoms with Gasteiger partial charge in [0.15, 0.2) is 0 Å². The number of methoxy groups -OCH3 is 1. The first-order chi connectivity index (χ1) is 9.69. The molecule has 2 rings (SSSR count). The average Bonchev–Trinajstić information content (AvgIpc) is 2.84. The average molecular weight is 292 g/mol. The lowest BCUT2D eigenvalue weighted by Crippen LogP contribution is -2.07. The number of ether oxygens (including phenoxy) is 2. The molecule has 0 aliphatic rings. The Labute approximate surface area is 123 Å². The number of thiazole rings is 1. The van der Waals surface area contributed by atoms with Gasteiger partial charge >= 0.3 is 0 Å². The zero-order chi connectivity index (χ0) is 14.4. The van der Waals surface area contributed by atoms with Crippen molar-refractivity contribution < 1.29 is 9.47 Å². The topological polar surface area (TPSA) is 43.4 Å². The molecule has 0 saturated carbocycles. The SMILES string of the molecule is COCCOc1cc(C)ccc1NCc1csc(C)n1. The summed E-state index contributed by atoms with van der Waals surface area (Å²) in [6, 6.07) is 6.14. The minimum absolute atomic E-state index is 0.546. The molecule has 0 aliphatic carbocycles. The summed E-state index contributed by atoms with van der Waals surface area (Å²) in [5.74, 6) is 0.856. The van der Waals surface area contributed by atoms with E-state index in [0.29, 0.717) is 19.8 Å². The highest BCUT2D eigenvalue weighted by molar-refractivity contribution is 7.09. The molecule has 1 N–H and O–H groups in total. The Morgan fingerprint density at radius 1 is 1.25 bits per heavy atom. The molecule has 1 aromatic carbocycles. The Morgan fingerprint density at radius 2 is 2.10 bits per heavy atom. The Kier molecular flexibility index (Phi) is 5.38. The standard InChI is InChI=1S/C15H20N2O2S/c1-11-4-5-14(15(8-11)19-7-6-18-3)16-9-13-10-20-12(2)17-13/h4-5,8,10,16H,6-7,9H2,1-3H3. The highest BCUT2D eigenvalue weighted by atomic mass is 32.1. The minimum Gasteiger partial charge on any atom is -0.489 e. The van der Waals surface area contributed by atoms with Gasteiger partial charge in [0.25, 0.3) is 0 Å². The molecular formula is C15H20N2O2S. The van der Waals surface area contributed by atoms with Crippen molar-refractivity contribution >= 4 is 17.0 Å². The number of hydrogen-bond donors (Lipinski definition) is 1. The van der Waals surface area contributed by atoms with Crippen molar-refractivity contribution in [2.45, 2.75) is 20.4 Å². The van der Waals surface area contributed by atoms with Gasteiger partial charge in [-0.2, -0.15) is 0 Å². The van der Waals surface area contributed by atoms with Crippen molar-refractivity contribution in [1.29, 1.82) is 0 Å². The quantitative estimate of drug-likeness (QED) is 0.794. The number of nitrogens with zero attached hydrogens (tertiary/aromatic N) is 1. The maximum atomic E-state index is 5.75. The van der Waals surface area contributed by atoms with E-state index in [2.05, 4.69) is 28.7 Å². The Bertz CT molecular complexity index is 555. The molecule has 0 bridgehead atoms. The van der Waals surface area contributed by atoms with E-state index >= 15 is 0 Å². The van der Waals surface area contributed by atoms with Gasteiger partial charge in [0.05, 0.1) is 29.5 Å². The lowest BCUT2D eigenvalue weighted by atomic mass is 10.2. The molecule has 5 heteroatoms. The van der Waals surface area contributed by atoms with E-state index < -0.39 is 0 Å². The van der Waals surface area contributed by atoms with Crippen molar-refractivity contribution in [3.05, 3.63) is 39.8 Å². The fraction of sp³-hybridized carbons (Fsp3) is 0.400. The lowest BCUT2D eigenvalue weighted by molar-refractivity contribution is 0.146. The van der Waals surface area contributed by atoms with E-state index in [0.717, 1.165) is 22.1 Å². The third-order valence-electron chi connectivity index (χ3n) is 2.81. The fourth-order valence-electron chi connectivity index (χ4n) is 1.81. The number of aromatic nitrogens is 1. The molecular weight excluding hydrogens is 272 g/mol. The van der Waals surface area contributed by atoms with Crippen molar-refractivity contribution in [1.82, 2.24) is 4.98 Å². The zero-order valence-corrected chi connectivity index (χ0v) is 12.9. The second kappa shape index (κ2) is 7.26. The van der Waals surface area contributed by atoms with E-state index in [1.807, 2.05) is 19.1 Å².